The zero-order chi connectivity index (χ0) is 8.44. The van der Waals surface area contributed by atoms with Gasteiger partial charge in [-0.2, -0.15) is 0 Å². The van der Waals surface area contributed by atoms with Crippen molar-refractivity contribution < 1.29 is 4.74 Å². The molecule has 2 saturated heterocycles. The van der Waals surface area contributed by atoms with Gasteiger partial charge in [-0.3, -0.25) is 0 Å². The van der Waals surface area contributed by atoms with Gasteiger partial charge in [0.25, 0.3) is 0 Å². The average Bonchev–Trinajstić information content (AvgIpc) is 2.50. The Morgan fingerprint density at radius 3 is 2.67 bits per heavy atom. The highest BCUT2D eigenvalue weighted by Crippen LogP contribution is 2.36. The Labute approximate surface area is 73.7 Å². The maximum Gasteiger partial charge on any atom is 0.0712 e. The van der Waals surface area contributed by atoms with Crippen LogP contribution in [0.25, 0.3) is 0 Å². The van der Waals surface area contributed by atoms with Gasteiger partial charge in [0.05, 0.1) is 11.7 Å². The normalized spacial score (nSPS) is 34.2. The van der Waals surface area contributed by atoms with Crippen LogP contribution in [0.2, 0.25) is 0 Å². The molecule has 2 heterocycles. The van der Waals surface area contributed by atoms with Gasteiger partial charge < -0.3 is 15.8 Å². The average molecular weight is 170 g/mol. The zero-order valence-electron chi connectivity index (χ0n) is 7.51. The number of piperidine rings is 1. The monoisotopic (exact) mass is 170 g/mol. The molecule has 0 unspecified atom stereocenters. The Balaban J connectivity index is 1.94. The third-order valence-electron chi connectivity index (χ3n) is 3.12. The van der Waals surface area contributed by atoms with Crippen LogP contribution in [0.15, 0.2) is 0 Å². The molecule has 3 nitrogen and oxygen atoms in total. The molecule has 0 saturated carbocycles. The van der Waals surface area contributed by atoms with Crippen molar-refractivity contribution in [2.24, 2.45) is 5.73 Å². The van der Waals surface area contributed by atoms with Gasteiger partial charge in [-0.1, -0.05) is 0 Å². The molecule has 1 spiro atoms. The quantitative estimate of drug-likeness (QED) is 0.593. The van der Waals surface area contributed by atoms with E-state index in [2.05, 4.69) is 5.32 Å². The zero-order valence-corrected chi connectivity index (χ0v) is 7.51. The van der Waals surface area contributed by atoms with E-state index in [1.54, 1.807) is 0 Å². The fourth-order valence-corrected chi connectivity index (χ4v) is 2.31. The molecule has 2 fully saturated rings. The minimum absolute atomic E-state index is 0.204. The van der Waals surface area contributed by atoms with Crippen LogP contribution in [0.4, 0.5) is 0 Å². The number of nitrogens with one attached hydrogen (secondary N) is 1. The molecule has 0 radical (unpaired) electrons. The van der Waals surface area contributed by atoms with Crippen LogP contribution in [-0.4, -0.2) is 31.3 Å². The van der Waals surface area contributed by atoms with E-state index in [1.165, 1.54) is 19.3 Å². The lowest BCUT2D eigenvalue weighted by Gasteiger charge is -2.33. The lowest BCUT2D eigenvalue weighted by Crippen LogP contribution is -2.42. The van der Waals surface area contributed by atoms with Gasteiger partial charge >= 0.3 is 0 Å². The van der Waals surface area contributed by atoms with Gasteiger partial charge in [0, 0.05) is 6.54 Å². The summed E-state index contributed by atoms with van der Waals surface area (Å²) in [4.78, 5) is 0. The van der Waals surface area contributed by atoms with Gasteiger partial charge in [0.15, 0.2) is 0 Å². The minimum Gasteiger partial charge on any atom is -0.370 e. The second-order valence-electron chi connectivity index (χ2n) is 3.95. The van der Waals surface area contributed by atoms with Gasteiger partial charge in [0.1, 0.15) is 0 Å². The van der Waals surface area contributed by atoms with E-state index in [9.17, 15) is 0 Å². The summed E-state index contributed by atoms with van der Waals surface area (Å²) in [6, 6.07) is 0. The van der Waals surface area contributed by atoms with E-state index in [0.717, 1.165) is 19.5 Å². The Kier molecular flexibility index (Phi) is 2.35. The van der Waals surface area contributed by atoms with Crippen molar-refractivity contribution in [1.82, 2.24) is 5.32 Å². The summed E-state index contributed by atoms with van der Waals surface area (Å²) in [6.07, 6.45) is 5.06. The highest BCUT2D eigenvalue weighted by atomic mass is 16.5. The number of nitrogens with two attached hydrogens (primary N) is 1. The van der Waals surface area contributed by atoms with Crippen LogP contribution in [0, 0.1) is 0 Å². The van der Waals surface area contributed by atoms with Crippen molar-refractivity contribution in [3.05, 3.63) is 0 Å². The van der Waals surface area contributed by atoms with Crippen LogP contribution in [-0.2, 0) is 4.74 Å². The molecule has 2 aliphatic heterocycles. The molecule has 1 atom stereocenters. The molecular weight excluding hydrogens is 152 g/mol. The molecule has 3 N–H and O–H groups in total. The number of hydrogen-bond acceptors (Lipinski definition) is 3. The lowest BCUT2D eigenvalue weighted by atomic mass is 9.89. The van der Waals surface area contributed by atoms with Crippen molar-refractivity contribution in [2.45, 2.75) is 37.4 Å². The van der Waals surface area contributed by atoms with Gasteiger partial charge in [-0.15, -0.1) is 0 Å². The van der Waals surface area contributed by atoms with Crippen molar-refractivity contribution in [2.75, 3.05) is 19.6 Å². The van der Waals surface area contributed by atoms with Crippen LogP contribution in [0.1, 0.15) is 25.7 Å². The third kappa shape index (κ3) is 1.49. The molecule has 0 bridgehead atoms. The molecule has 0 aliphatic carbocycles. The standard InChI is InChI=1S/C9H18N2O/c10-7-8-1-2-9(12-8)3-5-11-6-4-9/h8,11H,1-7,10H2/t8-/m0/s1. The molecule has 70 valence electrons. The van der Waals surface area contributed by atoms with Crippen molar-refractivity contribution in [3.63, 3.8) is 0 Å². The number of hydrogen-bond donors (Lipinski definition) is 2. The summed E-state index contributed by atoms with van der Waals surface area (Å²) in [5, 5.41) is 3.36. The SMILES string of the molecule is NC[C@@H]1CCC2(CCNCC2)O1. The van der Waals surface area contributed by atoms with Crippen LogP contribution >= 0.6 is 0 Å². The Morgan fingerprint density at radius 1 is 1.33 bits per heavy atom. The summed E-state index contributed by atoms with van der Waals surface area (Å²) in [5.41, 5.74) is 5.79. The van der Waals surface area contributed by atoms with E-state index >= 15 is 0 Å². The van der Waals surface area contributed by atoms with Gasteiger partial charge in [-0.25, -0.2) is 0 Å². The van der Waals surface area contributed by atoms with Crippen LogP contribution in [0.3, 0.4) is 0 Å². The lowest BCUT2D eigenvalue weighted by molar-refractivity contribution is -0.0557. The topological polar surface area (TPSA) is 47.3 Å². The molecule has 0 aromatic carbocycles. The second-order valence-corrected chi connectivity index (χ2v) is 3.95. The first-order valence-electron chi connectivity index (χ1n) is 4.93. The van der Waals surface area contributed by atoms with Crippen molar-refractivity contribution in [1.29, 1.82) is 0 Å². The Hall–Kier alpha value is -0.120. The van der Waals surface area contributed by atoms with E-state index in [0.29, 0.717) is 12.6 Å². The van der Waals surface area contributed by atoms with Gasteiger partial charge in [-0.05, 0) is 38.8 Å². The molecule has 2 aliphatic rings. The number of ether oxygens (including phenoxy) is 1. The summed E-state index contributed by atoms with van der Waals surface area (Å²) >= 11 is 0. The van der Waals surface area contributed by atoms with Crippen molar-refractivity contribution >= 4 is 0 Å². The third-order valence-corrected chi connectivity index (χ3v) is 3.12. The molecule has 12 heavy (non-hydrogen) atoms. The van der Waals surface area contributed by atoms with E-state index < -0.39 is 0 Å². The first kappa shape index (κ1) is 8.48. The molecular formula is C9H18N2O. The Bertz CT molecular complexity index is 155. The maximum atomic E-state index is 5.97. The highest BCUT2D eigenvalue weighted by Gasteiger charge is 2.40. The van der Waals surface area contributed by atoms with E-state index in [1.807, 2.05) is 0 Å². The van der Waals surface area contributed by atoms with E-state index in [4.69, 9.17) is 10.5 Å². The van der Waals surface area contributed by atoms with Crippen LogP contribution < -0.4 is 11.1 Å². The minimum atomic E-state index is 0.204. The summed E-state index contributed by atoms with van der Waals surface area (Å²) in [6.45, 7) is 2.91. The maximum absolute atomic E-state index is 5.97. The number of rotatable bonds is 1. The summed E-state index contributed by atoms with van der Waals surface area (Å²) in [7, 11) is 0. The Morgan fingerprint density at radius 2 is 2.08 bits per heavy atom. The second kappa shape index (κ2) is 3.32. The first-order valence-corrected chi connectivity index (χ1v) is 4.93. The van der Waals surface area contributed by atoms with E-state index in [-0.39, 0.29) is 5.60 Å². The molecule has 0 aromatic rings. The largest absolute Gasteiger partial charge is 0.370 e. The summed E-state index contributed by atoms with van der Waals surface area (Å²) < 4.78 is 5.97. The predicted octanol–water partition coefficient (Wildman–Crippen LogP) is 0.246. The molecule has 0 amide bonds. The van der Waals surface area contributed by atoms with Crippen LogP contribution in [0.5, 0.6) is 0 Å². The molecule has 2 rings (SSSR count). The highest BCUT2D eigenvalue weighted by molar-refractivity contribution is 4.92. The smallest absolute Gasteiger partial charge is 0.0712 e. The fraction of sp³-hybridized carbons (Fsp3) is 1.00. The predicted molar refractivity (Wildman–Crippen MR) is 48.0 cm³/mol. The molecule has 0 aromatic heterocycles. The van der Waals surface area contributed by atoms with Gasteiger partial charge in [0.2, 0.25) is 0 Å². The molecule has 3 heteroatoms. The van der Waals surface area contributed by atoms with Crippen molar-refractivity contribution in [3.8, 4) is 0 Å². The fourth-order valence-electron chi connectivity index (χ4n) is 2.31. The first-order chi connectivity index (χ1) is 5.85. The summed E-state index contributed by atoms with van der Waals surface area (Å²) in [5.74, 6) is 0.